The lowest BCUT2D eigenvalue weighted by Gasteiger charge is -2.30. The number of rotatable bonds is 10. The van der Waals surface area contributed by atoms with E-state index in [1.165, 1.54) is 37.2 Å². The van der Waals surface area contributed by atoms with Crippen molar-refractivity contribution in [1.82, 2.24) is 0 Å². The number of allylic oxidation sites excluding steroid dienone is 6. The Morgan fingerprint density at radius 2 is 1.42 bits per heavy atom. The van der Waals surface area contributed by atoms with E-state index in [1.807, 2.05) is 12.1 Å². The monoisotopic (exact) mass is 847 g/mol. The van der Waals surface area contributed by atoms with Crippen LogP contribution in [0, 0.1) is 12.8 Å². The second-order valence-electron chi connectivity index (χ2n) is 17.2. The molecular formula is C61H53NOS. The predicted octanol–water partition coefficient (Wildman–Crippen LogP) is 17.1. The quantitative estimate of drug-likeness (QED) is 0.126. The molecule has 0 radical (unpaired) electrons. The van der Waals surface area contributed by atoms with Gasteiger partial charge in [-0.15, -0.1) is 11.3 Å². The average Bonchev–Trinajstić information content (AvgIpc) is 3.65. The third-order valence-electron chi connectivity index (χ3n) is 13.0. The molecule has 1 aliphatic heterocycles. The maximum absolute atomic E-state index is 6.96. The highest BCUT2D eigenvalue weighted by Crippen LogP contribution is 2.46. The fraction of sp³-hybridized carbons (Fsp3) is 0.131. The van der Waals surface area contributed by atoms with Crippen molar-refractivity contribution >= 4 is 66.0 Å². The summed E-state index contributed by atoms with van der Waals surface area (Å²) in [6.45, 7) is 31.2. The van der Waals surface area contributed by atoms with Crippen LogP contribution >= 0.6 is 11.3 Å². The molecule has 0 bridgehead atoms. The van der Waals surface area contributed by atoms with Gasteiger partial charge < -0.3 is 4.74 Å². The first kappa shape index (κ1) is 42.2. The summed E-state index contributed by atoms with van der Waals surface area (Å²) in [5.41, 5.74) is 15.2. The number of aryl methyl sites for hydroxylation is 1. The normalized spacial score (nSPS) is 16.8. The zero-order chi connectivity index (χ0) is 44.6. The zero-order valence-electron chi connectivity index (χ0n) is 37.3. The van der Waals surface area contributed by atoms with Gasteiger partial charge in [0.15, 0.2) is 0 Å². The van der Waals surface area contributed by atoms with Crippen molar-refractivity contribution in [1.29, 1.82) is 0 Å². The van der Waals surface area contributed by atoms with Crippen LogP contribution in [0.3, 0.4) is 0 Å². The summed E-state index contributed by atoms with van der Waals surface area (Å²) in [6, 6.07) is 49.8. The Bertz CT molecular complexity index is 3280. The van der Waals surface area contributed by atoms with Gasteiger partial charge in [0, 0.05) is 37.9 Å². The van der Waals surface area contributed by atoms with Crippen LogP contribution in [0.15, 0.2) is 206 Å². The van der Waals surface area contributed by atoms with E-state index in [4.69, 9.17) is 16.3 Å². The molecule has 0 saturated carbocycles. The van der Waals surface area contributed by atoms with E-state index in [-0.39, 0.29) is 11.8 Å². The second kappa shape index (κ2) is 17.6. The Morgan fingerprint density at radius 3 is 2.16 bits per heavy atom. The van der Waals surface area contributed by atoms with Gasteiger partial charge in [-0.1, -0.05) is 185 Å². The topological polar surface area (TPSA) is 21.6 Å². The molecule has 8 aromatic rings. The number of aliphatic imine (C=N–C) groups is 1. The van der Waals surface area contributed by atoms with Crippen LogP contribution in [0.1, 0.15) is 64.9 Å². The van der Waals surface area contributed by atoms with Crippen molar-refractivity contribution in [2.75, 3.05) is 0 Å². The first-order valence-corrected chi connectivity index (χ1v) is 22.8. The van der Waals surface area contributed by atoms with Gasteiger partial charge >= 0.3 is 0 Å². The number of benzene rings is 7. The molecule has 2 heterocycles. The van der Waals surface area contributed by atoms with Gasteiger partial charge in [-0.3, -0.25) is 0 Å². The van der Waals surface area contributed by atoms with Crippen LogP contribution < -0.4 is 4.74 Å². The fourth-order valence-electron chi connectivity index (χ4n) is 9.64. The van der Waals surface area contributed by atoms with Crippen molar-refractivity contribution in [3.8, 4) is 16.9 Å². The lowest BCUT2D eigenvalue weighted by atomic mass is 9.75. The summed E-state index contributed by atoms with van der Waals surface area (Å²) < 4.78 is 8.21. The molecule has 0 fully saturated rings. The highest BCUT2D eigenvalue weighted by atomic mass is 32.1. The molecule has 0 aliphatic carbocycles. The number of nitrogens with zero attached hydrogens (tertiary/aromatic N) is 1. The minimum absolute atomic E-state index is 0.120. The molecule has 0 saturated heterocycles. The molecule has 314 valence electrons. The maximum Gasteiger partial charge on any atom is 0.138 e. The summed E-state index contributed by atoms with van der Waals surface area (Å²) in [4.78, 5) is 6.71. The van der Waals surface area contributed by atoms with Gasteiger partial charge in [0.1, 0.15) is 11.5 Å². The average molecular weight is 848 g/mol. The summed E-state index contributed by atoms with van der Waals surface area (Å²) in [5.74, 6) is 1.35. The highest BCUT2D eigenvalue weighted by molar-refractivity contribution is 7.20. The van der Waals surface area contributed by atoms with E-state index in [0.717, 1.165) is 95.4 Å². The van der Waals surface area contributed by atoms with Gasteiger partial charge in [0.2, 0.25) is 0 Å². The van der Waals surface area contributed by atoms with Crippen LogP contribution in [0.4, 0.5) is 5.69 Å². The van der Waals surface area contributed by atoms with Crippen LogP contribution in [-0.2, 0) is 12.8 Å². The van der Waals surface area contributed by atoms with Gasteiger partial charge in [-0.25, -0.2) is 4.99 Å². The largest absolute Gasteiger partial charge is 0.461 e. The molecule has 0 amide bonds. The maximum atomic E-state index is 6.96. The Kier molecular flexibility index (Phi) is 11.6. The number of fused-ring (bicyclic) bond motifs is 5. The molecule has 9 rings (SSSR count). The first-order chi connectivity index (χ1) is 31.0. The first-order valence-electron chi connectivity index (χ1n) is 22.0. The standard InChI is InChI=1S/C61H53NOS/c1-10-50-38(5)33-49-28-25-44-20-16-18-24-53(44)61(49)63-42(9)40(7)59(50)54-35-46(47-29-31-51-41(8)56(11-2)64-57(51)36-47)26-27-48(54)34-39(6)60(45-21-13-12-14-22-45)62-55-32-30-43-19-15-17-23-52(43)58(55)37(3)4/h10-32,35-36,40,59H,1-3,6,9,33-34H2,4-5,7-8H3/b50-38-,62-60?. The molecule has 2 unspecified atom stereocenters. The molecule has 2 atom stereocenters. The second-order valence-corrected chi connectivity index (χ2v) is 18.3. The van der Waals surface area contributed by atoms with Gasteiger partial charge in [0.05, 0.1) is 11.4 Å². The molecule has 1 aliphatic rings. The van der Waals surface area contributed by atoms with Crippen molar-refractivity contribution < 1.29 is 4.74 Å². The smallest absolute Gasteiger partial charge is 0.138 e. The number of hydrogen-bond acceptors (Lipinski definition) is 3. The van der Waals surface area contributed by atoms with Crippen molar-refractivity contribution in [3.05, 3.63) is 239 Å². The summed E-state index contributed by atoms with van der Waals surface area (Å²) in [7, 11) is 0. The highest BCUT2D eigenvalue weighted by Gasteiger charge is 2.32. The summed E-state index contributed by atoms with van der Waals surface area (Å²) >= 11 is 1.79. The molecule has 1 aromatic heterocycles. The Hall–Kier alpha value is -7.07. The molecule has 2 nitrogen and oxygen atoms in total. The van der Waals surface area contributed by atoms with E-state index in [1.54, 1.807) is 11.3 Å². The van der Waals surface area contributed by atoms with Gasteiger partial charge in [-0.05, 0) is 117 Å². The SMILES string of the molecule is C=C/C1=C(\C)Cc2ccc3ccccc3c2OC(=C)C(C)C1c1cc(-c2ccc3c(C)c(C=C)sc3c2)ccc1CC(=C)C(=Nc1ccc2ccccc2c1C(=C)C)c1ccccc1. The molecule has 3 heteroatoms. The van der Waals surface area contributed by atoms with Crippen molar-refractivity contribution in [2.24, 2.45) is 10.9 Å². The third kappa shape index (κ3) is 7.82. The Labute approximate surface area is 382 Å². The molecule has 0 spiro atoms. The van der Waals surface area contributed by atoms with Gasteiger partial charge in [0.25, 0.3) is 0 Å². The van der Waals surface area contributed by atoms with E-state index in [2.05, 4.69) is 194 Å². The molecule has 64 heavy (non-hydrogen) atoms. The van der Waals surface area contributed by atoms with Crippen LogP contribution in [0.25, 0.3) is 54.4 Å². The van der Waals surface area contributed by atoms with Crippen LogP contribution in [-0.4, -0.2) is 5.71 Å². The van der Waals surface area contributed by atoms with E-state index in [9.17, 15) is 0 Å². The van der Waals surface area contributed by atoms with Crippen LogP contribution in [0.2, 0.25) is 0 Å². The Morgan fingerprint density at radius 1 is 0.750 bits per heavy atom. The van der Waals surface area contributed by atoms with Gasteiger partial charge in [-0.2, -0.15) is 0 Å². The van der Waals surface area contributed by atoms with E-state index in [0.29, 0.717) is 6.42 Å². The fourth-order valence-corrected chi connectivity index (χ4v) is 10.7. The number of hydrogen-bond donors (Lipinski definition) is 0. The summed E-state index contributed by atoms with van der Waals surface area (Å²) in [6.07, 6.45) is 5.32. The van der Waals surface area contributed by atoms with Crippen molar-refractivity contribution in [2.45, 2.75) is 46.5 Å². The van der Waals surface area contributed by atoms with Crippen molar-refractivity contribution in [3.63, 3.8) is 0 Å². The molecule has 0 N–H and O–H groups in total. The lowest BCUT2D eigenvalue weighted by Crippen LogP contribution is -2.19. The Balaban J connectivity index is 1.22. The molecule has 7 aromatic carbocycles. The minimum Gasteiger partial charge on any atom is -0.461 e. The third-order valence-corrected chi connectivity index (χ3v) is 14.3. The lowest BCUT2D eigenvalue weighted by molar-refractivity contribution is 0.346. The number of ether oxygens (including phenoxy) is 1. The minimum atomic E-state index is -0.124. The van der Waals surface area contributed by atoms with E-state index < -0.39 is 0 Å². The molecular weight excluding hydrogens is 795 g/mol. The van der Waals surface area contributed by atoms with Crippen LogP contribution in [0.5, 0.6) is 5.75 Å². The number of thiophene rings is 1. The predicted molar refractivity (Wildman–Crippen MR) is 278 cm³/mol. The van der Waals surface area contributed by atoms with E-state index >= 15 is 0 Å². The summed E-state index contributed by atoms with van der Waals surface area (Å²) in [5, 5.41) is 5.79. The zero-order valence-corrected chi connectivity index (χ0v) is 38.1.